The van der Waals surface area contributed by atoms with Crippen LogP contribution in [0.4, 0.5) is 10.9 Å². The van der Waals surface area contributed by atoms with Gasteiger partial charge < -0.3 is 20.1 Å². The highest BCUT2D eigenvalue weighted by molar-refractivity contribution is 7.99. The van der Waals surface area contributed by atoms with E-state index in [1.807, 2.05) is 25.1 Å². The van der Waals surface area contributed by atoms with Crippen molar-refractivity contribution in [2.24, 2.45) is 0 Å². The van der Waals surface area contributed by atoms with Gasteiger partial charge in [0.25, 0.3) is 0 Å². The number of carbonyl (C=O) groups is 1. The SMILES string of the molecule is CC(=O)N1C2CCC1CC(c1nsc(Nc3ncc(SCC(C)(C)O)cc3Oc3cccnc3C)n1)C2. The van der Waals surface area contributed by atoms with Crippen LogP contribution in [0.25, 0.3) is 0 Å². The first-order valence-corrected chi connectivity index (χ1v) is 14.3. The molecule has 11 heteroatoms. The summed E-state index contributed by atoms with van der Waals surface area (Å²) in [5, 5.41) is 14.1. The molecular formula is C26H32N6O3S2. The summed E-state index contributed by atoms with van der Waals surface area (Å²) < 4.78 is 10.9. The summed E-state index contributed by atoms with van der Waals surface area (Å²) in [7, 11) is 0. The van der Waals surface area contributed by atoms with Crippen molar-refractivity contribution in [2.45, 2.75) is 81.9 Å². The molecule has 1 amide bonds. The smallest absolute Gasteiger partial charge is 0.219 e. The topological polar surface area (TPSA) is 113 Å². The minimum atomic E-state index is -0.800. The minimum absolute atomic E-state index is 0.172. The highest BCUT2D eigenvalue weighted by Gasteiger charge is 2.43. The molecule has 3 aromatic heterocycles. The van der Waals surface area contributed by atoms with Crippen molar-refractivity contribution in [1.29, 1.82) is 0 Å². The van der Waals surface area contributed by atoms with Crippen molar-refractivity contribution in [3.05, 3.63) is 42.1 Å². The van der Waals surface area contributed by atoms with E-state index in [4.69, 9.17) is 9.72 Å². The van der Waals surface area contributed by atoms with Gasteiger partial charge in [-0.05, 0) is 64.7 Å². The molecule has 2 atom stereocenters. The monoisotopic (exact) mass is 540 g/mol. The van der Waals surface area contributed by atoms with Crippen LogP contribution in [0.5, 0.6) is 11.5 Å². The minimum Gasteiger partial charge on any atom is -0.452 e. The van der Waals surface area contributed by atoms with Gasteiger partial charge in [-0.3, -0.25) is 9.78 Å². The standard InChI is InChI=1S/C26H32N6O3S2/c1-15-21(6-5-9-27-15)35-22-12-20(36-14-26(3,4)34)13-28-24(22)30-25-29-23(31-37-25)17-10-18-7-8-19(11-17)32(18)16(2)33/h5-6,9,12-13,17-19,34H,7-8,10-11,14H2,1-4H3,(H,28,29,30,31). The number of rotatable bonds is 8. The number of carbonyl (C=O) groups excluding carboxylic acids is 1. The molecule has 0 radical (unpaired) electrons. The largest absolute Gasteiger partial charge is 0.452 e. The van der Waals surface area contributed by atoms with Crippen molar-refractivity contribution in [3.63, 3.8) is 0 Å². The van der Waals surface area contributed by atoms with E-state index in [0.29, 0.717) is 40.3 Å². The Morgan fingerprint density at radius 3 is 2.70 bits per heavy atom. The number of ether oxygens (including phenoxy) is 1. The van der Waals surface area contributed by atoms with Gasteiger partial charge in [0.05, 0.1) is 11.3 Å². The first kappa shape index (κ1) is 25.9. The van der Waals surface area contributed by atoms with Crippen LogP contribution >= 0.6 is 23.3 Å². The fourth-order valence-corrected chi connectivity index (χ4v) is 6.57. The van der Waals surface area contributed by atoms with E-state index in [-0.39, 0.29) is 11.8 Å². The van der Waals surface area contributed by atoms with Crippen LogP contribution in [0.3, 0.4) is 0 Å². The molecule has 0 spiro atoms. The lowest BCUT2D eigenvalue weighted by Crippen LogP contribution is -2.45. The average molecular weight is 541 g/mol. The Labute approximate surface area is 225 Å². The van der Waals surface area contributed by atoms with E-state index in [1.165, 1.54) is 23.3 Å². The number of hydrogen-bond acceptors (Lipinski definition) is 10. The molecule has 2 saturated heterocycles. The number of aliphatic hydroxyl groups is 1. The molecule has 5 heterocycles. The fourth-order valence-electron chi connectivity index (χ4n) is 5.09. The number of aromatic nitrogens is 4. The summed E-state index contributed by atoms with van der Waals surface area (Å²) >= 11 is 2.82. The number of fused-ring (bicyclic) bond motifs is 2. The van der Waals surface area contributed by atoms with Crippen molar-refractivity contribution in [2.75, 3.05) is 11.1 Å². The number of piperidine rings is 1. The third-order valence-corrected chi connectivity index (χ3v) is 8.78. The third-order valence-electron chi connectivity index (χ3n) is 6.73. The molecule has 2 bridgehead atoms. The Hall–Kier alpha value is -2.76. The lowest BCUT2D eigenvalue weighted by molar-refractivity contribution is -0.133. The van der Waals surface area contributed by atoms with Gasteiger partial charge in [0, 0.05) is 59.5 Å². The molecule has 37 heavy (non-hydrogen) atoms. The van der Waals surface area contributed by atoms with E-state index in [1.54, 1.807) is 33.2 Å². The van der Waals surface area contributed by atoms with Crippen molar-refractivity contribution in [3.8, 4) is 11.5 Å². The molecule has 5 rings (SSSR count). The average Bonchev–Trinajstić information content (AvgIpc) is 3.42. The van der Waals surface area contributed by atoms with Crippen LogP contribution in [0.15, 0.2) is 35.5 Å². The van der Waals surface area contributed by atoms with Crippen LogP contribution in [-0.2, 0) is 4.79 Å². The highest BCUT2D eigenvalue weighted by Crippen LogP contribution is 2.43. The van der Waals surface area contributed by atoms with Gasteiger partial charge >= 0.3 is 0 Å². The van der Waals surface area contributed by atoms with Crippen molar-refractivity contribution >= 4 is 40.2 Å². The van der Waals surface area contributed by atoms with Gasteiger partial charge in [0.2, 0.25) is 11.0 Å². The first-order chi connectivity index (χ1) is 17.7. The Bertz CT molecular complexity index is 1260. The maximum absolute atomic E-state index is 12.1. The summed E-state index contributed by atoms with van der Waals surface area (Å²) in [6.07, 6.45) is 7.43. The third kappa shape index (κ3) is 6.05. The molecule has 0 saturated carbocycles. The quantitative estimate of drug-likeness (QED) is 0.368. The second-order valence-corrected chi connectivity index (χ2v) is 12.2. The number of amides is 1. The molecule has 9 nitrogen and oxygen atoms in total. The van der Waals surface area contributed by atoms with Gasteiger partial charge in [0.1, 0.15) is 11.6 Å². The maximum atomic E-state index is 12.1. The van der Waals surface area contributed by atoms with Crippen molar-refractivity contribution < 1.29 is 14.6 Å². The summed E-state index contributed by atoms with van der Waals surface area (Å²) in [5.41, 5.74) is -0.0290. The second kappa shape index (κ2) is 10.5. The molecular weight excluding hydrogens is 508 g/mol. The van der Waals surface area contributed by atoms with Gasteiger partial charge in [-0.25, -0.2) is 9.97 Å². The molecule has 2 fully saturated rings. The molecule has 0 aliphatic carbocycles. The molecule has 3 aromatic rings. The van der Waals surface area contributed by atoms with Crippen LogP contribution in [0, 0.1) is 6.92 Å². The lowest BCUT2D eigenvalue weighted by atomic mass is 9.90. The van der Waals surface area contributed by atoms with Gasteiger partial charge in [-0.15, -0.1) is 11.8 Å². The summed E-state index contributed by atoms with van der Waals surface area (Å²) in [5.74, 6) is 3.50. The van der Waals surface area contributed by atoms with Crippen LogP contribution in [0.1, 0.15) is 63.9 Å². The predicted octanol–water partition coefficient (Wildman–Crippen LogP) is 5.29. The molecule has 2 aliphatic heterocycles. The Morgan fingerprint density at radius 1 is 1.27 bits per heavy atom. The maximum Gasteiger partial charge on any atom is 0.219 e. The summed E-state index contributed by atoms with van der Waals surface area (Å²) in [4.78, 5) is 28.7. The van der Waals surface area contributed by atoms with E-state index in [9.17, 15) is 9.90 Å². The Balaban J connectivity index is 1.35. The number of anilines is 2. The second-order valence-electron chi connectivity index (χ2n) is 10.4. The number of nitrogens with one attached hydrogen (secondary N) is 1. The van der Waals surface area contributed by atoms with Crippen LogP contribution < -0.4 is 10.1 Å². The predicted molar refractivity (Wildman–Crippen MR) is 145 cm³/mol. The van der Waals surface area contributed by atoms with E-state index >= 15 is 0 Å². The number of aryl methyl sites for hydroxylation is 1. The van der Waals surface area contributed by atoms with Crippen molar-refractivity contribution in [1.82, 2.24) is 24.2 Å². The lowest BCUT2D eigenvalue weighted by Gasteiger charge is -2.37. The first-order valence-electron chi connectivity index (χ1n) is 12.5. The zero-order valence-electron chi connectivity index (χ0n) is 21.5. The fraction of sp³-hybridized carbons (Fsp3) is 0.500. The van der Waals surface area contributed by atoms with Gasteiger partial charge in [-0.2, -0.15) is 4.37 Å². The molecule has 2 aliphatic rings. The molecule has 2 unspecified atom stereocenters. The normalized spacial score (nSPS) is 21.2. The number of thioether (sulfide) groups is 1. The zero-order chi connectivity index (χ0) is 26.2. The number of hydrogen-bond donors (Lipinski definition) is 2. The van der Waals surface area contributed by atoms with E-state index in [0.717, 1.165) is 42.1 Å². The molecule has 196 valence electrons. The van der Waals surface area contributed by atoms with Crippen LogP contribution in [0.2, 0.25) is 0 Å². The van der Waals surface area contributed by atoms with E-state index < -0.39 is 5.60 Å². The summed E-state index contributed by atoms with van der Waals surface area (Å²) in [6, 6.07) is 6.19. The Morgan fingerprint density at radius 2 is 2.03 bits per heavy atom. The Kier molecular flexibility index (Phi) is 7.37. The zero-order valence-corrected chi connectivity index (χ0v) is 23.1. The van der Waals surface area contributed by atoms with Crippen LogP contribution in [-0.4, -0.2) is 58.7 Å². The van der Waals surface area contributed by atoms with Gasteiger partial charge in [-0.1, -0.05) is 0 Å². The molecule has 0 aromatic carbocycles. The highest BCUT2D eigenvalue weighted by atomic mass is 32.2. The summed E-state index contributed by atoms with van der Waals surface area (Å²) in [6.45, 7) is 7.12. The number of pyridine rings is 2. The van der Waals surface area contributed by atoms with E-state index in [2.05, 4.69) is 24.6 Å². The number of nitrogens with zero attached hydrogens (tertiary/aromatic N) is 5. The van der Waals surface area contributed by atoms with Gasteiger partial charge in [0.15, 0.2) is 11.6 Å². The molecule has 2 N–H and O–H groups in total.